The molecule has 1 aliphatic heterocycles. The first-order valence-electron chi connectivity index (χ1n) is 10.6. The average molecular weight is 403 g/mol. The Morgan fingerprint density at radius 1 is 0.967 bits per heavy atom. The molecule has 0 spiro atoms. The average Bonchev–Trinajstić information content (AvgIpc) is 3.37. The van der Waals surface area contributed by atoms with Crippen molar-refractivity contribution < 1.29 is 13.9 Å². The Kier molecular flexibility index (Phi) is 4.11. The van der Waals surface area contributed by atoms with Crippen LogP contribution in [0.5, 0.6) is 11.5 Å². The van der Waals surface area contributed by atoms with Crippen LogP contribution in [0.15, 0.2) is 42.6 Å². The minimum absolute atomic E-state index is 0.197. The minimum atomic E-state index is -0.197. The molecule has 1 N–H and O–H groups in total. The molecule has 2 aromatic heterocycles. The van der Waals surface area contributed by atoms with Gasteiger partial charge in [0, 0.05) is 30.1 Å². The number of imidazole rings is 1. The maximum Gasteiger partial charge on any atom is 0.231 e. The fraction of sp³-hybridized carbons (Fsp3) is 0.333. The van der Waals surface area contributed by atoms with E-state index in [-0.39, 0.29) is 12.6 Å². The number of fused-ring (bicyclic) bond motifs is 3. The van der Waals surface area contributed by atoms with E-state index in [1.165, 1.54) is 11.6 Å². The van der Waals surface area contributed by atoms with E-state index in [2.05, 4.69) is 16.0 Å². The second-order valence-electron chi connectivity index (χ2n) is 8.39. The highest BCUT2D eigenvalue weighted by Crippen LogP contribution is 2.40. The van der Waals surface area contributed by atoms with Crippen molar-refractivity contribution in [2.75, 3.05) is 6.79 Å². The predicted molar refractivity (Wildman–Crippen MR) is 112 cm³/mol. The summed E-state index contributed by atoms with van der Waals surface area (Å²) in [6.07, 6.45) is 7.29. The van der Waals surface area contributed by atoms with Crippen molar-refractivity contribution in [1.82, 2.24) is 15.0 Å². The summed E-state index contributed by atoms with van der Waals surface area (Å²) in [6, 6.07) is 10.9. The monoisotopic (exact) mass is 403 g/mol. The van der Waals surface area contributed by atoms with Crippen LogP contribution < -0.4 is 9.47 Å². The molecule has 0 saturated heterocycles. The summed E-state index contributed by atoms with van der Waals surface area (Å²) >= 11 is 0. The number of nitrogens with one attached hydrogen (secondary N) is 1. The van der Waals surface area contributed by atoms with Crippen molar-refractivity contribution in [2.24, 2.45) is 5.92 Å². The second-order valence-corrected chi connectivity index (χ2v) is 8.39. The van der Waals surface area contributed by atoms with Gasteiger partial charge in [0.1, 0.15) is 11.6 Å². The molecule has 0 amide bonds. The van der Waals surface area contributed by atoms with Gasteiger partial charge < -0.3 is 14.5 Å². The number of benzene rings is 2. The first-order chi connectivity index (χ1) is 14.7. The van der Waals surface area contributed by atoms with E-state index >= 15 is 0 Å². The van der Waals surface area contributed by atoms with E-state index in [0.29, 0.717) is 11.8 Å². The number of nitrogens with zero attached hydrogens (tertiary/aromatic N) is 2. The van der Waals surface area contributed by atoms with Gasteiger partial charge in [-0.1, -0.05) is 0 Å². The zero-order valence-electron chi connectivity index (χ0n) is 16.5. The first kappa shape index (κ1) is 17.7. The van der Waals surface area contributed by atoms with Crippen LogP contribution in [-0.4, -0.2) is 21.7 Å². The van der Waals surface area contributed by atoms with Gasteiger partial charge in [-0.3, -0.25) is 4.98 Å². The lowest BCUT2D eigenvalue weighted by atomic mass is 9.77. The Bertz CT molecular complexity index is 1200. The first-order valence-corrected chi connectivity index (χ1v) is 10.6. The number of aromatic amines is 1. The molecule has 4 aromatic rings. The highest BCUT2D eigenvalue weighted by molar-refractivity contribution is 5.82. The fourth-order valence-electron chi connectivity index (χ4n) is 5.00. The van der Waals surface area contributed by atoms with Crippen LogP contribution in [0.3, 0.4) is 0 Å². The Hall–Kier alpha value is -3.15. The summed E-state index contributed by atoms with van der Waals surface area (Å²) in [5.41, 5.74) is 4.02. The van der Waals surface area contributed by atoms with Gasteiger partial charge in [-0.2, -0.15) is 0 Å². The lowest BCUT2D eigenvalue weighted by Gasteiger charge is -2.29. The lowest BCUT2D eigenvalue weighted by Crippen LogP contribution is -2.16. The summed E-state index contributed by atoms with van der Waals surface area (Å²) in [5.74, 6) is 3.43. The van der Waals surface area contributed by atoms with Gasteiger partial charge in [-0.15, -0.1) is 0 Å². The van der Waals surface area contributed by atoms with Crippen molar-refractivity contribution in [3.05, 3.63) is 59.8 Å². The number of hydrogen-bond donors (Lipinski definition) is 1. The van der Waals surface area contributed by atoms with E-state index in [4.69, 9.17) is 14.5 Å². The number of hydrogen-bond acceptors (Lipinski definition) is 4. The van der Waals surface area contributed by atoms with Crippen LogP contribution >= 0.6 is 0 Å². The van der Waals surface area contributed by atoms with Crippen LogP contribution in [0, 0.1) is 11.7 Å². The Morgan fingerprint density at radius 2 is 1.80 bits per heavy atom. The number of halogens is 1. The standard InChI is InChI=1S/C24H22FN3O2/c25-16-5-6-19-18(10-16)17(7-8-26-19)15-3-1-14(2-4-15)9-24-27-20-11-22-23(30-13-29-22)12-21(20)28-24/h5-8,10-12,14-15H,1-4,9,13H2,(H,27,28)/t14-,15+. The summed E-state index contributed by atoms with van der Waals surface area (Å²) in [7, 11) is 0. The number of aromatic nitrogens is 3. The Labute approximate surface area is 173 Å². The van der Waals surface area contributed by atoms with Crippen LogP contribution in [0.1, 0.15) is 43.0 Å². The second kappa shape index (κ2) is 6.97. The van der Waals surface area contributed by atoms with Gasteiger partial charge in [0.15, 0.2) is 11.5 Å². The molecular weight excluding hydrogens is 381 g/mol. The SMILES string of the molecule is Fc1ccc2nccc([C@H]3CC[C@@H](Cc4nc5cc6c(cc5[nH]4)OCO6)CC3)c2c1. The molecular formula is C24H22FN3O2. The summed E-state index contributed by atoms with van der Waals surface area (Å²) in [5, 5.41) is 0.954. The van der Waals surface area contributed by atoms with Gasteiger partial charge in [0.2, 0.25) is 6.79 Å². The largest absolute Gasteiger partial charge is 0.454 e. The topological polar surface area (TPSA) is 60.0 Å². The van der Waals surface area contributed by atoms with Gasteiger partial charge in [0.05, 0.1) is 16.6 Å². The van der Waals surface area contributed by atoms with Gasteiger partial charge >= 0.3 is 0 Å². The van der Waals surface area contributed by atoms with Gasteiger partial charge in [0.25, 0.3) is 0 Å². The molecule has 6 rings (SSSR count). The molecule has 0 bridgehead atoms. The number of H-pyrrole nitrogens is 1. The molecule has 0 atom stereocenters. The molecule has 30 heavy (non-hydrogen) atoms. The highest BCUT2D eigenvalue weighted by atomic mass is 19.1. The van der Waals surface area contributed by atoms with Crippen molar-refractivity contribution in [3.8, 4) is 11.5 Å². The molecule has 1 saturated carbocycles. The lowest BCUT2D eigenvalue weighted by molar-refractivity contribution is 0.174. The van der Waals surface area contributed by atoms with Crippen LogP contribution in [-0.2, 0) is 6.42 Å². The summed E-state index contributed by atoms with van der Waals surface area (Å²) in [6.45, 7) is 0.275. The molecule has 0 radical (unpaired) electrons. The van der Waals surface area contributed by atoms with E-state index < -0.39 is 0 Å². The maximum atomic E-state index is 13.8. The molecule has 0 unspecified atom stereocenters. The smallest absolute Gasteiger partial charge is 0.231 e. The Balaban J connectivity index is 1.17. The quantitative estimate of drug-likeness (QED) is 0.491. The van der Waals surface area contributed by atoms with E-state index in [1.54, 1.807) is 12.1 Å². The van der Waals surface area contributed by atoms with Crippen LogP contribution in [0.2, 0.25) is 0 Å². The van der Waals surface area contributed by atoms with Crippen molar-refractivity contribution >= 4 is 21.9 Å². The van der Waals surface area contributed by atoms with E-state index in [0.717, 1.165) is 71.4 Å². The maximum absolute atomic E-state index is 13.8. The fourth-order valence-corrected chi connectivity index (χ4v) is 5.00. The zero-order chi connectivity index (χ0) is 20.1. The molecule has 6 heteroatoms. The number of rotatable bonds is 3. The molecule has 5 nitrogen and oxygen atoms in total. The zero-order valence-corrected chi connectivity index (χ0v) is 16.5. The van der Waals surface area contributed by atoms with E-state index in [1.807, 2.05) is 18.3 Å². The summed E-state index contributed by atoms with van der Waals surface area (Å²) < 4.78 is 24.7. The highest BCUT2D eigenvalue weighted by Gasteiger charge is 2.25. The van der Waals surface area contributed by atoms with Crippen molar-refractivity contribution in [1.29, 1.82) is 0 Å². The molecule has 2 aromatic carbocycles. The van der Waals surface area contributed by atoms with E-state index in [9.17, 15) is 4.39 Å². The molecule has 2 aliphatic rings. The predicted octanol–water partition coefficient (Wildman–Crippen LogP) is 5.50. The minimum Gasteiger partial charge on any atom is -0.454 e. The summed E-state index contributed by atoms with van der Waals surface area (Å²) in [4.78, 5) is 12.6. The van der Waals surface area contributed by atoms with Gasteiger partial charge in [-0.05, 0) is 67.3 Å². The third kappa shape index (κ3) is 3.07. The molecule has 1 aliphatic carbocycles. The Morgan fingerprint density at radius 3 is 2.67 bits per heavy atom. The van der Waals surface area contributed by atoms with Crippen molar-refractivity contribution in [2.45, 2.75) is 38.0 Å². The third-order valence-corrected chi connectivity index (χ3v) is 6.53. The normalized spacial score (nSPS) is 20.8. The molecule has 3 heterocycles. The van der Waals surface area contributed by atoms with Gasteiger partial charge in [-0.25, -0.2) is 9.37 Å². The van der Waals surface area contributed by atoms with Crippen LogP contribution in [0.4, 0.5) is 4.39 Å². The van der Waals surface area contributed by atoms with Crippen LogP contribution in [0.25, 0.3) is 21.9 Å². The molecule has 152 valence electrons. The third-order valence-electron chi connectivity index (χ3n) is 6.53. The number of pyridine rings is 1. The van der Waals surface area contributed by atoms with Crippen molar-refractivity contribution in [3.63, 3.8) is 0 Å². The number of ether oxygens (including phenoxy) is 2. The molecule has 1 fully saturated rings.